The third-order valence-electron chi connectivity index (χ3n) is 4.19. The van der Waals surface area contributed by atoms with Crippen molar-refractivity contribution in [1.82, 2.24) is 15.1 Å². The van der Waals surface area contributed by atoms with Gasteiger partial charge in [-0.15, -0.1) is 0 Å². The molecular weight excluding hydrogens is 292 g/mol. The third-order valence-corrected chi connectivity index (χ3v) is 4.19. The molecule has 1 heterocycles. The number of nitrogens with one attached hydrogen (secondary N) is 2. The first-order chi connectivity index (χ1) is 11.0. The van der Waals surface area contributed by atoms with Crippen LogP contribution in [0.3, 0.4) is 0 Å². The van der Waals surface area contributed by atoms with E-state index in [1.807, 2.05) is 13.1 Å². The minimum atomic E-state index is -0.179. The first-order valence-electron chi connectivity index (χ1n) is 7.70. The number of aryl methyl sites for hydroxylation is 1. The lowest BCUT2D eigenvalue weighted by atomic mass is 10.2. The number of anilines is 1. The quantitative estimate of drug-likeness (QED) is 0.886. The standard InChI is InChI=1S/C17H20N4O2/c1-11-8-15(11)17(23)20-13-5-3-4-12(9-13)16(22)18-10-14-6-7-19-21(14)2/h3-7,9,11,15H,8,10H2,1-2H3,(H,18,22)(H,20,23)/t11-,15-/m1/s1. The Morgan fingerprint density at radius 2 is 2.13 bits per heavy atom. The second-order valence-corrected chi connectivity index (χ2v) is 6.02. The molecule has 6 nitrogen and oxygen atoms in total. The van der Waals surface area contributed by atoms with Crippen molar-refractivity contribution < 1.29 is 9.59 Å². The molecule has 0 bridgehead atoms. The fourth-order valence-corrected chi connectivity index (χ4v) is 2.51. The zero-order chi connectivity index (χ0) is 16.4. The summed E-state index contributed by atoms with van der Waals surface area (Å²) in [4.78, 5) is 24.2. The molecule has 0 saturated heterocycles. The summed E-state index contributed by atoms with van der Waals surface area (Å²) in [6, 6.07) is 8.85. The van der Waals surface area contributed by atoms with E-state index in [4.69, 9.17) is 0 Å². The number of benzene rings is 1. The minimum absolute atomic E-state index is 0.0324. The van der Waals surface area contributed by atoms with Gasteiger partial charge in [-0.3, -0.25) is 14.3 Å². The monoisotopic (exact) mass is 312 g/mol. The molecule has 1 aromatic heterocycles. The summed E-state index contributed by atoms with van der Waals surface area (Å²) >= 11 is 0. The first kappa shape index (κ1) is 15.3. The van der Waals surface area contributed by atoms with Crippen LogP contribution in [0.2, 0.25) is 0 Å². The van der Waals surface area contributed by atoms with Gasteiger partial charge < -0.3 is 10.6 Å². The molecule has 2 amide bonds. The Kier molecular flexibility index (Phi) is 4.14. The van der Waals surface area contributed by atoms with Gasteiger partial charge in [-0.2, -0.15) is 5.10 Å². The number of rotatable bonds is 5. The predicted molar refractivity (Wildman–Crippen MR) is 86.7 cm³/mol. The summed E-state index contributed by atoms with van der Waals surface area (Å²) in [7, 11) is 1.83. The van der Waals surface area contributed by atoms with Crippen molar-refractivity contribution in [2.75, 3.05) is 5.32 Å². The van der Waals surface area contributed by atoms with E-state index in [0.717, 1.165) is 12.1 Å². The first-order valence-corrected chi connectivity index (χ1v) is 7.70. The highest BCUT2D eigenvalue weighted by Crippen LogP contribution is 2.38. The molecule has 1 fully saturated rings. The molecule has 2 N–H and O–H groups in total. The maximum absolute atomic E-state index is 12.2. The van der Waals surface area contributed by atoms with Gasteiger partial charge in [-0.25, -0.2) is 0 Å². The van der Waals surface area contributed by atoms with Gasteiger partial charge in [0.15, 0.2) is 0 Å². The fourth-order valence-electron chi connectivity index (χ4n) is 2.51. The topological polar surface area (TPSA) is 76.0 Å². The molecule has 0 spiro atoms. The molecular formula is C17H20N4O2. The van der Waals surface area contributed by atoms with Gasteiger partial charge in [0, 0.05) is 30.4 Å². The number of hydrogen-bond donors (Lipinski definition) is 2. The van der Waals surface area contributed by atoms with Gasteiger partial charge in [0.25, 0.3) is 5.91 Å². The largest absolute Gasteiger partial charge is 0.346 e. The van der Waals surface area contributed by atoms with Gasteiger partial charge in [-0.1, -0.05) is 13.0 Å². The summed E-state index contributed by atoms with van der Waals surface area (Å²) < 4.78 is 1.72. The summed E-state index contributed by atoms with van der Waals surface area (Å²) in [6.07, 6.45) is 2.63. The average Bonchev–Trinajstić information content (AvgIpc) is 3.13. The Morgan fingerprint density at radius 3 is 2.78 bits per heavy atom. The molecule has 2 atom stereocenters. The summed E-state index contributed by atoms with van der Waals surface area (Å²) in [6.45, 7) is 2.47. The highest BCUT2D eigenvalue weighted by atomic mass is 16.2. The van der Waals surface area contributed by atoms with E-state index in [1.54, 1.807) is 35.1 Å². The van der Waals surface area contributed by atoms with E-state index in [-0.39, 0.29) is 17.7 Å². The van der Waals surface area contributed by atoms with Crippen molar-refractivity contribution in [1.29, 1.82) is 0 Å². The van der Waals surface area contributed by atoms with Crippen LogP contribution in [-0.2, 0) is 18.4 Å². The smallest absolute Gasteiger partial charge is 0.251 e. The summed E-state index contributed by atoms with van der Waals surface area (Å²) in [5.74, 6) is 0.421. The number of carbonyl (C=O) groups is 2. The Balaban J connectivity index is 1.61. The lowest BCUT2D eigenvalue weighted by molar-refractivity contribution is -0.117. The fraction of sp³-hybridized carbons (Fsp3) is 0.353. The van der Waals surface area contributed by atoms with Crippen LogP contribution in [0.25, 0.3) is 0 Å². The van der Waals surface area contributed by atoms with Crippen LogP contribution < -0.4 is 10.6 Å². The molecule has 0 unspecified atom stereocenters. The van der Waals surface area contributed by atoms with E-state index in [0.29, 0.717) is 23.7 Å². The van der Waals surface area contributed by atoms with Crippen LogP contribution in [0.15, 0.2) is 36.5 Å². The Labute approximate surface area is 134 Å². The highest BCUT2D eigenvalue weighted by Gasteiger charge is 2.39. The van der Waals surface area contributed by atoms with Crippen molar-refractivity contribution in [3.05, 3.63) is 47.8 Å². The number of nitrogens with zero attached hydrogens (tertiary/aromatic N) is 2. The Hall–Kier alpha value is -2.63. The van der Waals surface area contributed by atoms with E-state index >= 15 is 0 Å². The van der Waals surface area contributed by atoms with Crippen LogP contribution >= 0.6 is 0 Å². The minimum Gasteiger partial charge on any atom is -0.346 e. The maximum Gasteiger partial charge on any atom is 0.251 e. The molecule has 1 saturated carbocycles. The van der Waals surface area contributed by atoms with E-state index < -0.39 is 0 Å². The molecule has 1 aliphatic rings. The zero-order valence-corrected chi connectivity index (χ0v) is 13.2. The van der Waals surface area contributed by atoms with E-state index in [2.05, 4.69) is 22.7 Å². The number of amides is 2. The van der Waals surface area contributed by atoms with Crippen LogP contribution in [0, 0.1) is 11.8 Å². The molecule has 120 valence electrons. The van der Waals surface area contributed by atoms with Crippen LogP contribution in [0.4, 0.5) is 5.69 Å². The molecule has 0 radical (unpaired) electrons. The average molecular weight is 312 g/mol. The summed E-state index contributed by atoms with van der Waals surface area (Å²) in [5, 5.41) is 9.79. The van der Waals surface area contributed by atoms with Gasteiger partial charge in [-0.05, 0) is 36.6 Å². The van der Waals surface area contributed by atoms with Gasteiger partial charge in [0.1, 0.15) is 0 Å². The van der Waals surface area contributed by atoms with E-state index in [9.17, 15) is 9.59 Å². The van der Waals surface area contributed by atoms with E-state index in [1.165, 1.54) is 0 Å². The Bertz CT molecular complexity index is 738. The molecule has 23 heavy (non-hydrogen) atoms. The summed E-state index contributed by atoms with van der Waals surface area (Å²) in [5.41, 5.74) is 2.10. The van der Waals surface area contributed by atoms with Crippen LogP contribution in [0.5, 0.6) is 0 Å². The SMILES string of the molecule is C[C@@H]1C[C@H]1C(=O)Nc1cccc(C(=O)NCc2ccnn2C)c1. The molecule has 3 rings (SSSR count). The van der Waals surface area contributed by atoms with Crippen LogP contribution in [0.1, 0.15) is 29.4 Å². The van der Waals surface area contributed by atoms with Gasteiger partial charge >= 0.3 is 0 Å². The normalized spacial score (nSPS) is 19.2. The maximum atomic E-state index is 12.2. The Morgan fingerprint density at radius 1 is 1.35 bits per heavy atom. The highest BCUT2D eigenvalue weighted by molar-refractivity contribution is 5.98. The predicted octanol–water partition coefficient (Wildman–Crippen LogP) is 1.94. The molecule has 1 aliphatic carbocycles. The van der Waals surface area contributed by atoms with Crippen molar-refractivity contribution in [2.45, 2.75) is 19.9 Å². The molecule has 0 aliphatic heterocycles. The lowest BCUT2D eigenvalue weighted by Gasteiger charge is -2.08. The van der Waals surface area contributed by atoms with Crippen molar-refractivity contribution in [3.63, 3.8) is 0 Å². The van der Waals surface area contributed by atoms with Crippen molar-refractivity contribution in [3.8, 4) is 0 Å². The second kappa shape index (κ2) is 6.24. The lowest BCUT2D eigenvalue weighted by Crippen LogP contribution is -2.24. The molecule has 1 aromatic carbocycles. The zero-order valence-electron chi connectivity index (χ0n) is 13.2. The second-order valence-electron chi connectivity index (χ2n) is 6.02. The number of carbonyl (C=O) groups excluding carboxylic acids is 2. The van der Waals surface area contributed by atoms with Crippen LogP contribution in [-0.4, -0.2) is 21.6 Å². The molecule has 2 aromatic rings. The third kappa shape index (κ3) is 3.59. The van der Waals surface area contributed by atoms with Gasteiger partial charge in [0.05, 0.1) is 12.2 Å². The van der Waals surface area contributed by atoms with Gasteiger partial charge in [0.2, 0.25) is 5.91 Å². The number of hydrogen-bond acceptors (Lipinski definition) is 3. The van der Waals surface area contributed by atoms with Crippen molar-refractivity contribution in [2.24, 2.45) is 18.9 Å². The molecule has 6 heteroatoms. The number of aromatic nitrogens is 2. The van der Waals surface area contributed by atoms with Crippen molar-refractivity contribution >= 4 is 17.5 Å².